The van der Waals surface area contributed by atoms with Crippen LogP contribution in [0.4, 0.5) is 15.8 Å². The molecule has 1 amide bonds. The van der Waals surface area contributed by atoms with E-state index in [9.17, 15) is 22.7 Å². The zero-order valence-corrected chi connectivity index (χ0v) is 17.0. The third-order valence-electron chi connectivity index (χ3n) is 4.67. The van der Waals surface area contributed by atoms with Gasteiger partial charge in [-0.3, -0.25) is 4.79 Å². The molecule has 29 heavy (non-hydrogen) atoms. The van der Waals surface area contributed by atoms with Crippen molar-refractivity contribution in [3.8, 4) is 5.75 Å². The molecular weight excluding hydrogens is 403 g/mol. The van der Waals surface area contributed by atoms with Crippen molar-refractivity contribution in [2.24, 2.45) is 13.0 Å². The van der Waals surface area contributed by atoms with Crippen LogP contribution in [0.2, 0.25) is 0 Å². The lowest BCUT2D eigenvalue weighted by Crippen LogP contribution is -2.48. The first-order valence-corrected chi connectivity index (χ1v) is 10.4. The Bertz CT molecular complexity index is 1050. The highest BCUT2D eigenvalue weighted by Gasteiger charge is 2.40. The van der Waals surface area contributed by atoms with Crippen molar-refractivity contribution in [3.63, 3.8) is 0 Å². The number of nitrogens with one attached hydrogen (secondary N) is 2. The molecule has 1 aromatic heterocycles. The lowest BCUT2D eigenvalue weighted by atomic mass is 10.0. The van der Waals surface area contributed by atoms with Crippen LogP contribution in [0.15, 0.2) is 29.3 Å². The van der Waals surface area contributed by atoms with Gasteiger partial charge in [0.1, 0.15) is 16.8 Å². The average molecular weight is 426 g/mol. The van der Waals surface area contributed by atoms with Crippen LogP contribution in [0.5, 0.6) is 5.75 Å². The molecule has 3 rings (SSSR count). The number of aryl methyl sites for hydroxylation is 1. The van der Waals surface area contributed by atoms with Crippen LogP contribution in [0, 0.1) is 11.7 Å². The molecule has 9 nitrogen and oxygen atoms in total. The third kappa shape index (κ3) is 3.93. The molecule has 1 aliphatic rings. The molecule has 11 heteroatoms. The summed E-state index contributed by atoms with van der Waals surface area (Å²) in [5.41, 5.74) is 5.60. The summed E-state index contributed by atoms with van der Waals surface area (Å²) in [5.74, 6) is -1.54. The van der Waals surface area contributed by atoms with Gasteiger partial charge in [0.25, 0.3) is 5.91 Å². The number of nitrogens with zero attached hydrogens (tertiary/aromatic N) is 1. The van der Waals surface area contributed by atoms with E-state index in [2.05, 4.69) is 10.0 Å². The molecule has 5 N–H and O–H groups in total. The van der Waals surface area contributed by atoms with Gasteiger partial charge < -0.3 is 25.5 Å². The molecule has 0 radical (unpaired) electrons. The number of ether oxygens (including phenoxy) is 1. The Morgan fingerprint density at radius 2 is 2.14 bits per heavy atom. The fourth-order valence-electron chi connectivity index (χ4n) is 3.25. The van der Waals surface area contributed by atoms with E-state index in [4.69, 9.17) is 10.5 Å². The highest BCUT2D eigenvalue weighted by Crippen LogP contribution is 2.35. The Morgan fingerprint density at radius 3 is 2.72 bits per heavy atom. The van der Waals surface area contributed by atoms with E-state index in [1.165, 1.54) is 29.9 Å². The number of fused-ring (bicyclic) bond motifs is 1. The maximum absolute atomic E-state index is 13.4. The van der Waals surface area contributed by atoms with E-state index in [0.717, 1.165) is 6.07 Å². The second-order valence-electron chi connectivity index (χ2n) is 7.21. The van der Waals surface area contributed by atoms with E-state index in [1.807, 2.05) is 13.8 Å². The summed E-state index contributed by atoms with van der Waals surface area (Å²) in [5, 5.41) is 12.2. The summed E-state index contributed by atoms with van der Waals surface area (Å²) >= 11 is 0. The van der Waals surface area contributed by atoms with Gasteiger partial charge in [0.05, 0.1) is 18.3 Å². The predicted octanol–water partition coefficient (Wildman–Crippen LogP) is 1.05. The van der Waals surface area contributed by atoms with Crippen molar-refractivity contribution in [1.82, 2.24) is 9.29 Å². The SMILES string of the molecule is CC(C)[C@H]1Oc2c(cn(C)c2C(=O)Nc2ccc(F)c(N)c2)S(=O)(=O)N[C@@H]1CO. The fourth-order valence-corrected chi connectivity index (χ4v) is 4.67. The minimum atomic E-state index is -4.03. The molecule has 1 aromatic carbocycles. The summed E-state index contributed by atoms with van der Waals surface area (Å²) in [4.78, 5) is 12.7. The summed E-state index contributed by atoms with van der Waals surface area (Å²) in [6.07, 6.45) is 0.564. The molecule has 2 atom stereocenters. The Kier molecular flexibility index (Phi) is 5.57. The van der Waals surface area contributed by atoms with Crippen LogP contribution in [-0.2, 0) is 17.1 Å². The summed E-state index contributed by atoms with van der Waals surface area (Å²) in [7, 11) is -2.52. The van der Waals surface area contributed by atoms with Crippen molar-refractivity contribution >= 4 is 27.3 Å². The van der Waals surface area contributed by atoms with Crippen molar-refractivity contribution in [2.75, 3.05) is 17.7 Å². The zero-order valence-electron chi connectivity index (χ0n) is 16.1. The Labute approximate surface area is 167 Å². The summed E-state index contributed by atoms with van der Waals surface area (Å²) in [6, 6.07) is 2.84. The average Bonchev–Trinajstić information content (AvgIpc) is 2.92. The Hall–Kier alpha value is -2.63. The number of carbonyl (C=O) groups excluding carboxylic acids is 1. The number of anilines is 2. The zero-order chi connectivity index (χ0) is 21.5. The standard InChI is InChI=1S/C18H23FN4O5S/c1-9(2)16-13(8-24)22-29(26,27)14-7-23(3)15(17(14)28-16)18(25)21-10-4-5-11(19)12(20)6-10/h4-7,9,13,16,22,24H,8,20H2,1-3H3,(H,21,25)/t13-,16-/m1/s1. The number of hydrogen-bond donors (Lipinski definition) is 4. The lowest BCUT2D eigenvalue weighted by Gasteiger charge is -2.27. The highest BCUT2D eigenvalue weighted by molar-refractivity contribution is 7.89. The number of rotatable bonds is 4. The largest absolute Gasteiger partial charge is 0.484 e. The Balaban J connectivity index is 2.05. The number of carbonyl (C=O) groups is 1. The number of sulfonamides is 1. The first kappa shape index (κ1) is 21.1. The van der Waals surface area contributed by atoms with Gasteiger partial charge in [-0.2, -0.15) is 0 Å². The van der Waals surface area contributed by atoms with Crippen molar-refractivity contribution in [2.45, 2.75) is 30.9 Å². The van der Waals surface area contributed by atoms with Gasteiger partial charge >= 0.3 is 0 Å². The third-order valence-corrected chi connectivity index (χ3v) is 6.15. The number of aliphatic hydroxyl groups excluding tert-OH is 1. The Morgan fingerprint density at radius 1 is 1.45 bits per heavy atom. The number of amides is 1. The second-order valence-corrected chi connectivity index (χ2v) is 8.89. The van der Waals surface area contributed by atoms with Gasteiger partial charge in [-0.25, -0.2) is 17.5 Å². The van der Waals surface area contributed by atoms with Crippen LogP contribution in [0.25, 0.3) is 0 Å². The molecule has 0 bridgehead atoms. The minimum Gasteiger partial charge on any atom is -0.484 e. The quantitative estimate of drug-likeness (QED) is 0.540. The normalized spacial score (nSPS) is 20.6. The molecular formula is C18H23FN4O5S. The topological polar surface area (TPSA) is 136 Å². The first-order chi connectivity index (χ1) is 13.5. The van der Waals surface area contributed by atoms with Crippen LogP contribution in [-0.4, -0.2) is 42.8 Å². The molecule has 2 heterocycles. The molecule has 0 saturated heterocycles. The van der Waals surface area contributed by atoms with Crippen molar-refractivity contribution in [3.05, 3.63) is 35.9 Å². The summed E-state index contributed by atoms with van der Waals surface area (Å²) in [6.45, 7) is 3.17. The first-order valence-electron chi connectivity index (χ1n) is 8.90. The minimum absolute atomic E-state index is 0.0301. The van der Waals surface area contributed by atoms with E-state index in [0.29, 0.717) is 0 Å². The number of hydrogen-bond acceptors (Lipinski definition) is 6. The lowest BCUT2D eigenvalue weighted by molar-refractivity contribution is 0.0837. The molecule has 158 valence electrons. The van der Waals surface area contributed by atoms with Gasteiger partial charge in [-0.1, -0.05) is 13.8 Å². The van der Waals surface area contributed by atoms with E-state index in [1.54, 1.807) is 0 Å². The summed E-state index contributed by atoms with van der Waals surface area (Å²) < 4.78 is 48.6. The van der Waals surface area contributed by atoms with Crippen molar-refractivity contribution in [1.29, 1.82) is 0 Å². The maximum atomic E-state index is 13.4. The number of aliphatic hydroxyl groups is 1. The molecule has 0 spiro atoms. The van der Waals surface area contributed by atoms with Gasteiger partial charge in [-0.15, -0.1) is 0 Å². The van der Waals surface area contributed by atoms with E-state index in [-0.39, 0.29) is 33.6 Å². The van der Waals surface area contributed by atoms with Crippen LogP contribution < -0.4 is 20.5 Å². The maximum Gasteiger partial charge on any atom is 0.276 e. The molecule has 0 aliphatic carbocycles. The molecule has 0 fully saturated rings. The number of nitrogens with two attached hydrogens (primary N) is 1. The van der Waals surface area contributed by atoms with Crippen LogP contribution in [0.1, 0.15) is 24.3 Å². The fraction of sp³-hybridized carbons (Fsp3) is 0.389. The highest BCUT2D eigenvalue weighted by atomic mass is 32.2. The number of aromatic nitrogens is 1. The molecule has 0 unspecified atom stereocenters. The monoisotopic (exact) mass is 426 g/mol. The number of benzene rings is 1. The van der Waals surface area contributed by atoms with Crippen LogP contribution in [0.3, 0.4) is 0 Å². The van der Waals surface area contributed by atoms with Gasteiger partial charge in [-0.05, 0) is 24.1 Å². The number of nitrogen functional groups attached to an aromatic ring is 1. The smallest absolute Gasteiger partial charge is 0.276 e. The van der Waals surface area contributed by atoms with Gasteiger partial charge in [0.15, 0.2) is 11.4 Å². The number of halogens is 1. The van der Waals surface area contributed by atoms with Crippen molar-refractivity contribution < 1.29 is 27.4 Å². The molecule has 2 aromatic rings. The van der Waals surface area contributed by atoms with Gasteiger partial charge in [0.2, 0.25) is 10.0 Å². The van der Waals surface area contributed by atoms with E-state index < -0.39 is 40.5 Å². The predicted molar refractivity (Wildman–Crippen MR) is 105 cm³/mol. The second kappa shape index (κ2) is 7.65. The van der Waals surface area contributed by atoms with Gasteiger partial charge in [0, 0.05) is 18.9 Å². The van der Waals surface area contributed by atoms with E-state index >= 15 is 0 Å². The van der Waals surface area contributed by atoms with Crippen LogP contribution >= 0.6 is 0 Å². The molecule has 0 saturated carbocycles. The molecule has 1 aliphatic heterocycles.